The highest BCUT2D eigenvalue weighted by Crippen LogP contribution is 2.20. The average molecular weight is 402 g/mol. The van der Waals surface area contributed by atoms with Crippen LogP contribution in [-0.4, -0.2) is 79.2 Å². The zero-order chi connectivity index (χ0) is 20.6. The van der Waals surface area contributed by atoms with E-state index in [0.717, 1.165) is 49.5 Å². The molecule has 1 saturated heterocycles. The van der Waals surface area contributed by atoms with E-state index < -0.39 is 0 Å². The van der Waals surface area contributed by atoms with Crippen LogP contribution < -0.4 is 15.0 Å². The average Bonchev–Trinajstić information content (AvgIpc) is 3.08. The summed E-state index contributed by atoms with van der Waals surface area (Å²) in [4.78, 5) is 9.48. The summed E-state index contributed by atoms with van der Waals surface area (Å²) in [6.07, 6.45) is 0. The molecule has 0 bridgehead atoms. The third-order valence-corrected chi connectivity index (χ3v) is 5.16. The second-order valence-electron chi connectivity index (χ2n) is 6.95. The summed E-state index contributed by atoms with van der Waals surface area (Å²) in [6, 6.07) is 8.22. The Balaban J connectivity index is 1.63. The summed E-state index contributed by atoms with van der Waals surface area (Å²) in [5.74, 6) is 3.50. The Morgan fingerprint density at radius 3 is 2.41 bits per heavy atom. The predicted octanol–water partition coefficient (Wildman–Crippen LogP) is 1.05. The van der Waals surface area contributed by atoms with Gasteiger partial charge in [0.2, 0.25) is 0 Å². The van der Waals surface area contributed by atoms with Crippen LogP contribution in [0.15, 0.2) is 29.3 Å². The van der Waals surface area contributed by atoms with Crippen molar-refractivity contribution < 1.29 is 9.47 Å². The van der Waals surface area contributed by atoms with Crippen LogP contribution in [0.3, 0.4) is 0 Å². The van der Waals surface area contributed by atoms with Crippen LogP contribution in [0.5, 0.6) is 5.75 Å². The third kappa shape index (κ3) is 5.38. The third-order valence-electron chi connectivity index (χ3n) is 5.16. The fourth-order valence-electron chi connectivity index (χ4n) is 3.24. The summed E-state index contributed by atoms with van der Waals surface area (Å²) >= 11 is 0. The molecular weight excluding hydrogens is 370 g/mol. The zero-order valence-electron chi connectivity index (χ0n) is 17.8. The van der Waals surface area contributed by atoms with Crippen LogP contribution in [0.4, 0.5) is 5.69 Å². The van der Waals surface area contributed by atoms with Gasteiger partial charge in [0.25, 0.3) is 0 Å². The molecule has 0 unspecified atom stereocenters. The van der Waals surface area contributed by atoms with Gasteiger partial charge >= 0.3 is 0 Å². The molecule has 1 N–H and O–H groups in total. The first-order chi connectivity index (χ1) is 14.1. The van der Waals surface area contributed by atoms with Crippen molar-refractivity contribution >= 4 is 11.6 Å². The highest BCUT2D eigenvalue weighted by Gasteiger charge is 2.20. The minimum Gasteiger partial charge on any atom is -0.497 e. The molecule has 0 radical (unpaired) electrons. The Morgan fingerprint density at radius 1 is 1.10 bits per heavy atom. The monoisotopic (exact) mass is 401 g/mol. The quantitative estimate of drug-likeness (QED) is 0.422. The second kappa shape index (κ2) is 10.1. The van der Waals surface area contributed by atoms with E-state index >= 15 is 0 Å². The smallest absolute Gasteiger partial charge is 0.194 e. The van der Waals surface area contributed by atoms with Gasteiger partial charge in [0, 0.05) is 52.6 Å². The Hall–Kier alpha value is -2.81. The first kappa shape index (κ1) is 20.9. The van der Waals surface area contributed by atoms with E-state index in [2.05, 4.69) is 37.4 Å². The molecule has 3 rings (SSSR count). The maximum Gasteiger partial charge on any atom is 0.194 e. The summed E-state index contributed by atoms with van der Waals surface area (Å²) in [6.45, 7) is 7.42. The van der Waals surface area contributed by atoms with E-state index in [9.17, 15) is 0 Å². The number of aliphatic imine (C=N–C) groups is 1. The molecule has 1 aliphatic heterocycles. The lowest BCUT2D eigenvalue weighted by molar-refractivity contribution is 0.202. The number of aryl methyl sites for hydroxylation is 1. The van der Waals surface area contributed by atoms with Gasteiger partial charge in [-0.1, -0.05) is 0 Å². The minimum atomic E-state index is 0.491. The highest BCUT2D eigenvalue weighted by atomic mass is 16.5. The molecule has 0 aliphatic carbocycles. The summed E-state index contributed by atoms with van der Waals surface area (Å²) in [7, 11) is 5.36. The van der Waals surface area contributed by atoms with Gasteiger partial charge in [0.1, 0.15) is 18.1 Å². The lowest BCUT2D eigenvalue weighted by Gasteiger charge is -2.37. The van der Waals surface area contributed by atoms with E-state index in [4.69, 9.17) is 14.5 Å². The zero-order valence-corrected chi connectivity index (χ0v) is 17.8. The van der Waals surface area contributed by atoms with Crippen LogP contribution >= 0.6 is 0 Å². The first-order valence-corrected chi connectivity index (χ1v) is 9.88. The van der Waals surface area contributed by atoms with Gasteiger partial charge in [-0.25, -0.2) is 4.99 Å². The number of methoxy groups -OCH3 is 2. The van der Waals surface area contributed by atoms with Crippen molar-refractivity contribution in [3.8, 4) is 5.75 Å². The van der Waals surface area contributed by atoms with Crippen molar-refractivity contribution in [2.24, 2.45) is 12.0 Å². The van der Waals surface area contributed by atoms with Crippen molar-refractivity contribution in [3.63, 3.8) is 0 Å². The molecule has 9 heteroatoms. The fourth-order valence-corrected chi connectivity index (χ4v) is 3.24. The summed E-state index contributed by atoms with van der Waals surface area (Å²) in [5, 5.41) is 11.7. The molecule has 0 atom stereocenters. The number of anilines is 1. The maximum absolute atomic E-state index is 5.25. The van der Waals surface area contributed by atoms with Crippen molar-refractivity contribution in [1.82, 2.24) is 25.0 Å². The molecule has 9 nitrogen and oxygen atoms in total. The van der Waals surface area contributed by atoms with Crippen LogP contribution in [0.2, 0.25) is 0 Å². The fraction of sp³-hybridized carbons (Fsp3) is 0.550. The number of rotatable bonds is 7. The Morgan fingerprint density at radius 2 is 1.83 bits per heavy atom. The van der Waals surface area contributed by atoms with Gasteiger partial charge in [-0.15, -0.1) is 10.2 Å². The lowest BCUT2D eigenvalue weighted by atomic mass is 10.2. The van der Waals surface area contributed by atoms with E-state index in [-0.39, 0.29) is 0 Å². The van der Waals surface area contributed by atoms with Crippen LogP contribution in [0, 0.1) is 6.92 Å². The Labute approximate surface area is 172 Å². The second-order valence-corrected chi connectivity index (χ2v) is 6.95. The van der Waals surface area contributed by atoms with Gasteiger partial charge in [-0.3, -0.25) is 0 Å². The molecule has 0 amide bonds. The van der Waals surface area contributed by atoms with Crippen molar-refractivity contribution in [2.75, 3.05) is 58.5 Å². The molecule has 158 valence electrons. The first-order valence-electron chi connectivity index (χ1n) is 9.88. The standard InChI is InChI=1S/C20H31N7O2/c1-16-23-24-19(25(16)2)15-22-20(21-9-14-28-3)27-12-10-26(11-13-27)17-5-7-18(29-4)8-6-17/h5-8H,9-15H2,1-4H3,(H,21,22). The molecule has 2 heterocycles. The summed E-state index contributed by atoms with van der Waals surface area (Å²) in [5.41, 5.74) is 1.21. The molecular formula is C20H31N7O2. The van der Waals surface area contributed by atoms with Crippen LogP contribution in [0.25, 0.3) is 0 Å². The number of hydrogen-bond donors (Lipinski definition) is 1. The summed E-state index contributed by atoms with van der Waals surface area (Å²) < 4.78 is 12.4. The molecule has 1 aromatic heterocycles. The van der Waals surface area contributed by atoms with Gasteiger partial charge < -0.3 is 29.2 Å². The topological polar surface area (TPSA) is 80.0 Å². The molecule has 0 spiro atoms. The van der Waals surface area contributed by atoms with Crippen LogP contribution in [-0.2, 0) is 18.3 Å². The number of ether oxygens (including phenoxy) is 2. The van der Waals surface area contributed by atoms with Gasteiger partial charge in [-0.2, -0.15) is 0 Å². The number of nitrogens with zero attached hydrogens (tertiary/aromatic N) is 6. The highest BCUT2D eigenvalue weighted by molar-refractivity contribution is 5.80. The van der Waals surface area contributed by atoms with E-state index in [1.54, 1.807) is 14.2 Å². The number of guanidine groups is 1. The molecule has 2 aromatic rings. The molecule has 29 heavy (non-hydrogen) atoms. The van der Waals surface area contributed by atoms with Crippen molar-refractivity contribution in [2.45, 2.75) is 13.5 Å². The van der Waals surface area contributed by atoms with Crippen LogP contribution in [0.1, 0.15) is 11.6 Å². The van der Waals surface area contributed by atoms with E-state index in [1.807, 2.05) is 30.7 Å². The maximum atomic E-state index is 5.25. The predicted molar refractivity (Wildman–Crippen MR) is 114 cm³/mol. The SMILES string of the molecule is COCCNC(=NCc1nnc(C)n1C)N1CCN(c2ccc(OC)cc2)CC1. The molecule has 1 fully saturated rings. The van der Waals surface area contributed by atoms with Gasteiger partial charge in [0.05, 0.1) is 13.7 Å². The van der Waals surface area contributed by atoms with Crippen molar-refractivity contribution in [1.29, 1.82) is 0 Å². The van der Waals surface area contributed by atoms with E-state index in [0.29, 0.717) is 19.7 Å². The molecule has 1 aliphatic rings. The molecule has 1 aromatic carbocycles. The Kier molecular flexibility index (Phi) is 7.29. The minimum absolute atomic E-state index is 0.491. The number of nitrogens with one attached hydrogen (secondary N) is 1. The van der Waals surface area contributed by atoms with Crippen molar-refractivity contribution in [3.05, 3.63) is 35.9 Å². The van der Waals surface area contributed by atoms with Gasteiger partial charge in [0.15, 0.2) is 11.8 Å². The number of piperazine rings is 1. The lowest BCUT2D eigenvalue weighted by Crippen LogP contribution is -2.53. The van der Waals surface area contributed by atoms with E-state index in [1.165, 1.54) is 5.69 Å². The van der Waals surface area contributed by atoms with Gasteiger partial charge in [-0.05, 0) is 31.2 Å². The number of aromatic nitrogens is 3. The number of benzene rings is 1. The number of hydrogen-bond acceptors (Lipinski definition) is 6. The largest absolute Gasteiger partial charge is 0.497 e. The normalized spacial score (nSPS) is 15.0. The Bertz CT molecular complexity index is 796. The molecule has 0 saturated carbocycles.